The second kappa shape index (κ2) is 5.37. The van der Waals surface area contributed by atoms with Crippen molar-refractivity contribution in [3.8, 4) is 0 Å². The second-order valence-electron chi connectivity index (χ2n) is 5.87. The second-order valence-corrected chi connectivity index (χ2v) is 5.87. The lowest BCUT2D eigenvalue weighted by Gasteiger charge is -2.24. The van der Waals surface area contributed by atoms with Crippen LogP contribution in [0.4, 0.5) is 4.39 Å². The molecule has 0 spiro atoms. The Hall–Kier alpha value is -0.930. The van der Waals surface area contributed by atoms with Gasteiger partial charge < -0.3 is 5.32 Å². The van der Waals surface area contributed by atoms with Gasteiger partial charge in [0.2, 0.25) is 0 Å². The van der Waals surface area contributed by atoms with Crippen LogP contribution in [-0.4, -0.2) is 31.6 Å². The monoisotopic (exact) mass is 250 g/mol. The Kier molecular flexibility index (Phi) is 4.03. The minimum absolute atomic E-state index is 0.132. The van der Waals surface area contributed by atoms with E-state index in [0.29, 0.717) is 5.41 Å². The Morgan fingerprint density at radius 3 is 2.94 bits per heavy atom. The average Bonchev–Trinajstić information content (AvgIpc) is 2.66. The number of hydrogen-bond donors (Lipinski definition) is 1. The molecule has 3 heteroatoms. The van der Waals surface area contributed by atoms with Gasteiger partial charge in [-0.2, -0.15) is 0 Å². The Morgan fingerprint density at radius 2 is 2.22 bits per heavy atom. The number of halogens is 1. The van der Waals surface area contributed by atoms with E-state index >= 15 is 0 Å². The van der Waals surface area contributed by atoms with Crippen molar-refractivity contribution in [1.29, 1.82) is 0 Å². The molecule has 2 rings (SSSR count). The van der Waals surface area contributed by atoms with Crippen molar-refractivity contribution in [2.24, 2.45) is 5.41 Å². The van der Waals surface area contributed by atoms with Gasteiger partial charge in [0, 0.05) is 19.6 Å². The van der Waals surface area contributed by atoms with E-state index in [1.165, 1.54) is 18.1 Å². The molecule has 0 aliphatic carbocycles. The zero-order valence-corrected chi connectivity index (χ0v) is 11.6. The van der Waals surface area contributed by atoms with Gasteiger partial charge in [-0.3, -0.25) is 4.90 Å². The Balaban J connectivity index is 2.01. The van der Waals surface area contributed by atoms with E-state index in [4.69, 9.17) is 0 Å². The SMILES string of the molecule is CNCC1(C)CCN(Cc2cc(F)ccc2C)C1. The summed E-state index contributed by atoms with van der Waals surface area (Å²) in [6.45, 7) is 8.48. The van der Waals surface area contributed by atoms with Crippen molar-refractivity contribution in [2.75, 3.05) is 26.7 Å². The summed E-state index contributed by atoms with van der Waals surface area (Å²) < 4.78 is 13.3. The Bertz CT molecular complexity index is 419. The molecule has 1 aromatic rings. The number of benzene rings is 1. The fourth-order valence-electron chi connectivity index (χ4n) is 2.88. The number of nitrogens with one attached hydrogen (secondary N) is 1. The van der Waals surface area contributed by atoms with E-state index in [1.54, 1.807) is 6.07 Å². The molecule has 0 amide bonds. The normalized spacial score (nSPS) is 24.7. The third kappa shape index (κ3) is 3.09. The molecular weight excluding hydrogens is 227 g/mol. The molecule has 1 atom stereocenters. The molecule has 0 radical (unpaired) electrons. The summed E-state index contributed by atoms with van der Waals surface area (Å²) in [5.41, 5.74) is 2.65. The van der Waals surface area contributed by atoms with Gasteiger partial charge in [-0.05, 0) is 55.6 Å². The van der Waals surface area contributed by atoms with Gasteiger partial charge in [-0.15, -0.1) is 0 Å². The molecule has 1 aliphatic heterocycles. The maximum absolute atomic E-state index is 13.3. The highest BCUT2D eigenvalue weighted by molar-refractivity contribution is 5.26. The molecule has 18 heavy (non-hydrogen) atoms. The Labute approximate surface area is 109 Å². The summed E-state index contributed by atoms with van der Waals surface area (Å²) in [6, 6.07) is 5.07. The standard InChI is InChI=1S/C15H23FN2/c1-12-4-5-14(16)8-13(12)9-18-7-6-15(2,11-18)10-17-3/h4-5,8,17H,6-7,9-11H2,1-3H3. The van der Waals surface area contributed by atoms with Gasteiger partial charge in [0.1, 0.15) is 5.82 Å². The molecule has 1 aliphatic rings. The first kappa shape index (κ1) is 13.5. The van der Waals surface area contributed by atoms with Crippen LogP contribution in [-0.2, 0) is 6.54 Å². The van der Waals surface area contributed by atoms with Crippen molar-refractivity contribution < 1.29 is 4.39 Å². The summed E-state index contributed by atoms with van der Waals surface area (Å²) >= 11 is 0. The van der Waals surface area contributed by atoms with Crippen molar-refractivity contribution >= 4 is 0 Å². The van der Waals surface area contributed by atoms with Crippen molar-refractivity contribution in [3.05, 3.63) is 35.1 Å². The first-order valence-corrected chi connectivity index (χ1v) is 6.64. The number of likely N-dealkylation sites (tertiary alicyclic amines) is 1. The summed E-state index contributed by atoms with van der Waals surface area (Å²) in [5.74, 6) is -0.132. The van der Waals surface area contributed by atoms with Gasteiger partial charge in [-0.1, -0.05) is 13.0 Å². The summed E-state index contributed by atoms with van der Waals surface area (Å²) in [7, 11) is 2.00. The molecule has 1 aromatic carbocycles. The third-order valence-electron chi connectivity index (χ3n) is 3.95. The van der Waals surface area contributed by atoms with E-state index in [1.807, 2.05) is 13.1 Å². The molecule has 0 bridgehead atoms. The van der Waals surface area contributed by atoms with Gasteiger partial charge in [0.25, 0.3) is 0 Å². The van der Waals surface area contributed by atoms with Crippen molar-refractivity contribution in [1.82, 2.24) is 10.2 Å². The molecule has 0 aromatic heterocycles. The predicted octanol–water partition coefficient (Wildman–Crippen LogP) is 2.57. The van der Waals surface area contributed by atoms with Crippen LogP contribution in [0.3, 0.4) is 0 Å². The van der Waals surface area contributed by atoms with Crippen LogP contribution < -0.4 is 5.32 Å². The lowest BCUT2D eigenvalue weighted by atomic mass is 9.90. The van der Waals surface area contributed by atoms with Crippen LogP contribution in [0.5, 0.6) is 0 Å². The molecule has 1 heterocycles. The number of hydrogen-bond acceptors (Lipinski definition) is 2. The smallest absolute Gasteiger partial charge is 0.123 e. The highest BCUT2D eigenvalue weighted by atomic mass is 19.1. The third-order valence-corrected chi connectivity index (χ3v) is 3.95. The fourth-order valence-corrected chi connectivity index (χ4v) is 2.88. The molecule has 1 saturated heterocycles. The summed E-state index contributed by atoms with van der Waals surface area (Å²) in [5, 5.41) is 3.27. The highest BCUT2D eigenvalue weighted by Gasteiger charge is 2.32. The van der Waals surface area contributed by atoms with Crippen molar-refractivity contribution in [3.63, 3.8) is 0 Å². The first-order valence-electron chi connectivity index (χ1n) is 6.64. The van der Waals surface area contributed by atoms with Crippen LogP contribution in [0.25, 0.3) is 0 Å². The van der Waals surface area contributed by atoms with E-state index < -0.39 is 0 Å². The number of aryl methyl sites for hydroxylation is 1. The number of nitrogens with zero attached hydrogens (tertiary/aromatic N) is 1. The fraction of sp³-hybridized carbons (Fsp3) is 0.600. The van der Waals surface area contributed by atoms with Crippen LogP contribution in [0, 0.1) is 18.2 Å². The molecule has 1 N–H and O–H groups in total. The molecule has 0 saturated carbocycles. The van der Waals surface area contributed by atoms with Crippen molar-refractivity contribution in [2.45, 2.75) is 26.8 Å². The summed E-state index contributed by atoms with van der Waals surface area (Å²) in [6.07, 6.45) is 1.21. The van der Waals surface area contributed by atoms with Crippen LogP contribution in [0.1, 0.15) is 24.5 Å². The van der Waals surface area contributed by atoms with Gasteiger partial charge in [-0.25, -0.2) is 4.39 Å². The molecule has 1 unspecified atom stereocenters. The maximum Gasteiger partial charge on any atom is 0.123 e. The maximum atomic E-state index is 13.3. The largest absolute Gasteiger partial charge is 0.319 e. The van der Waals surface area contributed by atoms with Crippen LogP contribution in [0.15, 0.2) is 18.2 Å². The molecule has 2 nitrogen and oxygen atoms in total. The lowest BCUT2D eigenvalue weighted by molar-refractivity contribution is 0.265. The average molecular weight is 250 g/mol. The minimum Gasteiger partial charge on any atom is -0.319 e. The zero-order valence-electron chi connectivity index (χ0n) is 11.6. The molecule has 100 valence electrons. The van der Waals surface area contributed by atoms with Crippen LogP contribution in [0.2, 0.25) is 0 Å². The van der Waals surface area contributed by atoms with Gasteiger partial charge >= 0.3 is 0 Å². The van der Waals surface area contributed by atoms with E-state index in [0.717, 1.165) is 31.7 Å². The topological polar surface area (TPSA) is 15.3 Å². The van der Waals surface area contributed by atoms with E-state index in [9.17, 15) is 4.39 Å². The molecular formula is C15H23FN2. The quantitative estimate of drug-likeness (QED) is 0.883. The zero-order chi connectivity index (χ0) is 13.2. The van der Waals surface area contributed by atoms with Gasteiger partial charge in [0.15, 0.2) is 0 Å². The van der Waals surface area contributed by atoms with Gasteiger partial charge in [0.05, 0.1) is 0 Å². The minimum atomic E-state index is -0.132. The lowest BCUT2D eigenvalue weighted by Crippen LogP contribution is -2.33. The van der Waals surface area contributed by atoms with Crippen LogP contribution >= 0.6 is 0 Å². The van der Waals surface area contributed by atoms with E-state index in [2.05, 4.69) is 24.1 Å². The Morgan fingerprint density at radius 1 is 1.44 bits per heavy atom. The summed E-state index contributed by atoms with van der Waals surface area (Å²) in [4.78, 5) is 2.43. The highest BCUT2D eigenvalue weighted by Crippen LogP contribution is 2.30. The molecule has 1 fully saturated rings. The first-order chi connectivity index (χ1) is 8.52. The van der Waals surface area contributed by atoms with E-state index in [-0.39, 0.29) is 5.82 Å². The number of rotatable bonds is 4. The predicted molar refractivity (Wildman–Crippen MR) is 73.1 cm³/mol.